The van der Waals surface area contributed by atoms with Gasteiger partial charge in [-0.1, -0.05) is 107 Å². The summed E-state index contributed by atoms with van der Waals surface area (Å²) in [6.07, 6.45) is 2.07. The molecule has 4 heteroatoms. The molecule has 2 aromatic rings. The van der Waals surface area contributed by atoms with Crippen molar-refractivity contribution in [1.29, 1.82) is 0 Å². The van der Waals surface area contributed by atoms with Crippen LogP contribution in [0, 0.1) is 23.7 Å². The Balaban J connectivity index is 1.80. The lowest BCUT2D eigenvalue weighted by molar-refractivity contribution is -0.0485. The Hall–Kier alpha value is -2.17. The van der Waals surface area contributed by atoms with E-state index in [0.29, 0.717) is 31.7 Å². The fourth-order valence-electron chi connectivity index (χ4n) is 3.98. The first-order valence-electron chi connectivity index (χ1n) is 11.8. The van der Waals surface area contributed by atoms with E-state index in [-0.39, 0.29) is 24.0 Å². The molecule has 4 nitrogen and oxygen atoms in total. The van der Waals surface area contributed by atoms with Gasteiger partial charge in [0, 0.05) is 18.1 Å². The summed E-state index contributed by atoms with van der Waals surface area (Å²) < 4.78 is 12.4. The molecule has 0 unspecified atom stereocenters. The Morgan fingerprint density at radius 2 is 1.16 bits per heavy atom. The first-order valence-corrected chi connectivity index (χ1v) is 11.8. The molecule has 0 aliphatic rings. The highest BCUT2D eigenvalue weighted by Crippen LogP contribution is 2.20. The molecule has 176 valence electrons. The summed E-state index contributed by atoms with van der Waals surface area (Å²) in [6.45, 7) is 14.8. The molecule has 0 heterocycles. The van der Waals surface area contributed by atoms with Crippen molar-refractivity contribution in [2.24, 2.45) is 28.8 Å². The molecule has 0 N–H and O–H groups in total. The number of rotatable bonds is 14. The summed E-state index contributed by atoms with van der Waals surface area (Å²) in [4.78, 5) is 5.68. The van der Waals surface area contributed by atoms with E-state index in [1.165, 1.54) is 11.1 Å². The lowest BCUT2D eigenvalue weighted by atomic mass is 9.95. The molecule has 0 aliphatic heterocycles. The second kappa shape index (κ2) is 14.1. The molecule has 0 bridgehead atoms. The van der Waals surface area contributed by atoms with E-state index < -0.39 is 0 Å². The molecule has 0 spiro atoms. The zero-order chi connectivity index (χ0) is 23.3. The zero-order valence-corrected chi connectivity index (χ0v) is 20.6. The van der Waals surface area contributed by atoms with Crippen LogP contribution in [0.3, 0.4) is 0 Å². The first kappa shape index (κ1) is 26.1. The summed E-state index contributed by atoms with van der Waals surface area (Å²) in [5.41, 5.74) is 2.37. The van der Waals surface area contributed by atoms with Gasteiger partial charge in [0.1, 0.15) is 6.61 Å². The molecular formula is C28H41NO3. The molecule has 0 saturated carbocycles. The molecule has 0 fully saturated rings. The molecule has 0 aliphatic carbocycles. The maximum absolute atomic E-state index is 6.22. The second-order valence-electron chi connectivity index (χ2n) is 9.40. The zero-order valence-electron chi connectivity index (χ0n) is 20.6. The van der Waals surface area contributed by atoms with Gasteiger partial charge in [-0.3, -0.25) is 0 Å². The summed E-state index contributed by atoms with van der Waals surface area (Å²) in [6, 6.07) is 20.6. The van der Waals surface area contributed by atoms with Crippen molar-refractivity contribution in [3.63, 3.8) is 0 Å². The van der Waals surface area contributed by atoms with Gasteiger partial charge >= 0.3 is 0 Å². The van der Waals surface area contributed by atoms with E-state index in [4.69, 9.17) is 14.3 Å². The van der Waals surface area contributed by atoms with Crippen molar-refractivity contribution in [3.05, 3.63) is 71.8 Å². The minimum atomic E-state index is 0.0811. The molecule has 0 saturated heterocycles. The predicted octanol–water partition coefficient (Wildman–Crippen LogP) is 6.74. The average Bonchev–Trinajstić information content (AvgIpc) is 2.78. The fourth-order valence-corrected chi connectivity index (χ4v) is 3.98. The van der Waals surface area contributed by atoms with Crippen LogP contribution in [0.1, 0.15) is 52.7 Å². The Morgan fingerprint density at radius 1 is 0.688 bits per heavy atom. The normalized spacial score (nSPS) is 15.8. The van der Waals surface area contributed by atoms with Gasteiger partial charge in [-0.25, -0.2) is 0 Å². The molecular weight excluding hydrogens is 398 g/mol. The van der Waals surface area contributed by atoms with Crippen molar-refractivity contribution in [1.82, 2.24) is 0 Å². The van der Waals surface area contributed by atoms with Gasteiger partial charge in [0.15, 0.2) is 0 Å². The minimum Gasteiger partial charge on any atom is -0.396 e. The van der Waals surface area contributed by atoms with Crippen molar-refractivity contribution < 1.29 is 14.3 Å². The van der Waals surface area contributed by atoms with E-state index >= 15 is 0 Å². The molecule has 2 rings (SSSR count). The number of nitrogens with zero attached hydrogens (tertiary/aromatic N) is 1. The smallest absolute Gasteiger partial charge is 0.122 e. The van der Waals surface area contributed by atoms with Crippen LogP contribution in [0.4, 0.5) is 0 Å². The van der Waals surface area contributed by atoms with E-state index in [2.05, 4.69) is 71.0 Å². The highest BCUT2D eigenvalue weighted by atomic mass is 16.6. The van der Waals surface area contributed by atoms with E-state index in [9.17, 15) is 0 Å². The van der Waals surface area contributed by atoms with Gasteiger partial charge in [-0.15, -0.1) is 0 Å². The monoisotopic (exact) mass is 439 g/mol. The van der Waals surface area contributed by atoms with Crippen LogP contribution < -0.4 is 0 Å². The SMILES string of the molecule is CC(C)[C@@H](OCc1ccccc1)[C@H](C)/C=N\OC[C@@H](C)[C@H](OCc1ccccc1)C(C)C. The van der Waals surface area contributed by atoms with Crippen molar-refractivity contribution in [2.75, 3.05) is 6.61 Å². The molecule has 0 aromatic heterocycles. The maximum Gasteiger partial charge on any atom is 0.122 e. The highest BCUT2D eigenvalue weighted by molar-refractivity contribution is 5.60. The molecule has 32 heavy (non-hydrogen) atoms. The van der Waals surface area contributed by atoms with E-state index in [0.717, 1.165) is 0 Å². The average molecular weight is 440 g/mol. The van der Waals surface area contributed by atoms with Crippen molar-refractivity contribution >= 4 is 6.21 Å². The Bertz CT molecular complexity index is 761. The van der Waals surface area contributed by atoms with Crippen LogP contribution in [0.2, 0.25) is 0 Å². The Labute approximate surface area is 195 Å². The molecule has 0 radical (unpaired) electrons. The lowest BCUT2D eigenvalue weighted by Gasteiger charge is -2.27. The number of benzene rings is 2. The summed E-state index contributed by atoms with van der Waals surface area (Å²) >= 11 is 0. The van der Waals surface area contributed by atoms with Gasteiger partial charge in [-0.05, 0) is 23.0 Å². The summed E-state index contributed by atoms with van der Waals surface area (Å²) in [7, 11) is 0. The molecule has 2 aromatic carbocycles. The van der Waals surface area contributed by atoms with Crippen LogP contribution in [-0.2, 0) is 27.5 Å². The third kappa shape index (κ3) is 9.13. The van der Waals surface area contributed by atoms with Gasteiger partial charge in [0.25, 0.3) is 0 Å². The third-order valence-electron chi connectivity index (χ3n) is 5.67. The molecule has 0 amide bonds. The van der Waals surface area contributed by atoms with Gasteiger partial charge in [-0.2, -0.15) is 0 Å². The van der Waals surface area contributed by atoms with Crippen LogP contribution in [-0.4, -0.2) is 25.0 Å². The standard InChI is InChI=1S/C28H41NO3/c1-21(2)27(30-19-25-13-9-7-10-14-25)23(5)17-29-32-18-24(6)28(22(3)4)31-20-26-15-11-8-12-16-26/h7-17,21-24,27-28H,18-20H2,1-6H3/b29-17-/t23-,24-,27-,28-/m1/s1. The van der Waals surface area contributed by atoms with Crippen molar-refractivity contribution in [2.45, 2.75) is 67.0 Å². The Morgan fingerprint density at radius 3 is 1.62 bits per heavy atom. The van der Waals surface area contributed by atoms with Gasteiger partial charge in [0.05, 0.1) is 25.4 Å². The fraction of sp³-hybridized carbons (Fsp3) is 0.536. The number of ether oxygens (including phenoxy) is 2. The quantitative estimate of drug-likeness (QED) is 0.242. The first-order chi connectivity index (χ1) is 15.4. The van der Waals surface area contributed by atoms with Crippen LogP contribution in [0.5, 0.6) is 0 Å². The second-order valence-corrected chi connectivity index (χ2v) is 9.40. The van der Waals surface area contributed by atoms with E-state index in [1.54, 1.807) is 0 Å². The largest absolute Gasteiger partial charge is 0.396 e. The number of hydrogen-bond acceptors (Lipinski definition) is 4. The van der Waals surface area contributed by atoms with Crippen molar-refractivity contribution in [3.8, 4) is 0 Å². The van der Waals surface area contributed by atoms with Gasteiger partial charge < -0.3 is 14.3 Å². The van der Waals surface area contributed by atoms with E-state index in [1.807, 2.05) is 42.6 Å². The number of hydrogen-bond donors (Lipinski definition) is 0. The van der Waals surface area contributed by atoms with Crippen LogP contribution >= 0.6 is 0 Å². The number of oxime groups is 1. The highest BCUT2D eigenvalue weighted by Gasteiger charge is 2.23. The maximum atomic E-state index is 6.22. The third-order valence-corrected chi connectivity index (χ3v) is 5.67. The Kier molecular flexibility index (Phi) is 11.5. The van der Waals surface area contributed by atoms with Gasteiger partial charge in [0.2, 0.25) is 0 Å². The summed E-state index contributed by atoms with van der Waals surface area (Å²) in [5.74, 6) is 1.18. The predicted molar refractivity (Wildman–Crippen MR) is 132 cm³/mol. The minimum absolute atomic E-state index is 0.0811. The van der Waals surface area contributed by atoms with Crippen LogP contribution in [0.25, 0.3) is 0 Å². The summed E-state index contributed by atoms with van der Waals surface area (Å²) in [5, 5.41) is 4.27. The lowest BCUT2D eigenvalue weighted by Crippen LogP contribution is -2.30. The van der Waals surface area contributed by atoms with Crippen LogP contribution in [0.15, 0.2) is 65.8 Å². The topological polar surface area (TPSA) is 40.0 Å². The molecule has 4 atom stereocenters.